The van der Waals surface area contributed by atoms with E-state index in [1.54, 1.807) is 43.0 Å². The molecule has 184 valence electrons. The molecule has 0 atom stereocenters. The number of rotatable bonds is 5. The molecule has 0 aromatic heterocycles. The average molecular weight is 496 g/mol. The van der Waals surface area contributed by atoms with E-state index >= 15 is 0 Å². The minimum atomic E-state index is -0.308. The Bertz CT molecular complexity index is 1160. The van der Waals surface area contributed by atoms with Crippen molar-refractivity contribution >= 4 is 41.4 Å². The van der Waals surface area contributed by atoms with E-state index in [2.05, 4.69) is 5.32 Å². The van der Waals surface area contributed by atoms with E-state index in [1.165, 1.54) is 11.8 Å². The van der Waals surface area contributed by atoms with Crippen LogP contribution < -0.4 is 15.0 Å². The minimum Gasteiger partial charge on any atom is -0.497 e. The molecular weight excluding hydrogens is 466 g/mol. The quantitative estimate of drug-likeness (QED) is 0.627. The molecule has 0 aliphatic carbocycles. The number of nitrogens with one attached hydrogen (secondary N) is 1. The number of piperidine rings is 1. The number of carbonyl (C=O) groups is 3. The second-order valence-corrected chi connectivity index (χ2v) is 9.45. The Hall–Kier alpha value is -3.46. The number of hydrogen-bond acceptors (Lipinski definition) is 6. The molecule has 1 N–H and O–H groups in total. The van der Waals surface area contributed by atoms with E-state index in [0.717, 1.165) is 16.2 Å². The summed E-state index contributed by atoms with van der Waals surface area (Å²) in [5.41, 5.74) is 2.08. The van der Waals surface area contributed by atoms with Crippen LogP contribution in [0.25, 0.3) is 6.08 Å². The fourth-order valence-corrected chi connectivity index (χ4v) is 5.20. The molecule has 2 aliphatic heterocycles. The molecule has 1 fully saturated rings. The lowest BCUT2D eigenvalue weighted by Gasteiger charge is -2.31. The Kier molecular flexibility index (Phi) is 7.65. The fourth-order valence-electron chi connectivity index (χ4n) is 4.11. The third-order valence-corrected chi connectivity index (χ3v) is 7.14. The smallest absolute Gasteiger partial charge is 0.409 e. The van der Waals surface area contributed by atoms with Crippen LogP contribution in [0.1, 0.15) is 35.7 Å². The normalized spacial score (nSPS) is 17.2. The Balaban J connectivity index is 1.44. The second-order valence-electron chi connectivity index (χ2n) is 8.37. The molecular formula is C26H29N3O5S. The van der Waals surface area contributed by atoms with Crippen LogP contribution in [0, 0.1) is 0 Å². The van der Waals surface area contributed by atoms with Crippen molar-refractivity contribution in [1.29, 1.82) is 0 Å². The van der Waals surface area contributed by atoms with E-state index in [1.807, 2.05) is 36.4 Å². The minimum absolute atomic E-state index is 0.0182. The number of amides is 3. The Morgan fingerprint density at radius 2 is 1.94 bits per heavy atom. The van der Waals surface area contributed by atoms with Crippen molar-refractivity contribution in [1.82, 2.24) is 10.2 Å². The summed E-state index contributed by atoms with van der Waals surface area (Å²) in [5, 5.41) is 3.06. The van der Waals surface area contributed by atoms with Gasteiger partial charge in [0.25, 0.3) is 11.8 Å². The first-order chi connectivity index (χ1) is 16.9. The summed E-state index contributed by atoms with van der Waals surface area (Å²) in [5.74, 6) is 0.406. The highest BCUT2D eigenvalue weighted by atomic mass is 32.2. The summed E-state index contributed by atoms with van der Waals surface area (Å²) in [6.07, 6.45) is 2.87. The average Bonchev–Trinajstić information content (AvgIpc) is 2.87. The van der Waals surface area contributed by atoms with Crippen LogP contribution in [-0.4, -0.2) is 62.7 Å². The number of anilines is 1. The van der Waals surface area contributed by atoms with Crippen LogP contribution in [0.15, 0.2) is 52.3 Å². The van der Waals surface area contributed by atoms with Crippen molar-refractivity contribution in [3.8, 4) is 5.75 Å². The van der Waals surface area contributed by atoms with Crippen LogP contribution in [0.3, 0.4) is 0 Å². The van der Waals surface area contributed by atoms with Gasteiger partial charge in [-0.3, -0.25) is 9.59 Å². The van der Waals surface area contributed by atoms with Crippen LogP contribution in [0.4, 0.5) is 10.5 Å². The largest absolute Gasteiger partial charge is 0.497 e. The number of carbonyl (C=O) groups excluding carboxylic acids is 3. The topological polar surface area (TPSA) is 88.2 Å². The number of fused-ring (bicyclic) bond motifs is 1. The maximum Gasteiger partial charge on any atom is 0.409 e. The molecule has 0 bridgehead atoms. The van der Waals surface area contributed by atoms with Crippen molar-refractivity contribution in [2.45, 2.75) is 30.7 Å². The van der Waals surface area contributed by atoms with E-state index in [4.69, 9.17) is 9.47 Å². The highest BCUT2D eigenvalue weighted by Gasteiger charge is 2.29. The van der Waals surface area contributed by atoms with Crippen LogP contribution in [-0.2, 0) is 9.53 Å². The van der Waals surface area contributed by atoms with E-state index in [-0.39, 0.29) is 23.9 Å². The van der Waals surface area contributed by atoms with E-state index in [0.29, 0.717) is 48.7 Å². The van der Waals surface area contributed by atoms with Crippen molar-refractivity contribution in [2.75, 3.05) is 38.8 Å². The van der Waals surface area contributed by atoms with Gasteiger partial charge in [0.05, 0.1) is 24.3 Å². The van der Waals surface area contributed by atoms with Gasteiger partial charge in [-0.1, -0.05) is 23.9 Å². The summed E-state index contributed by atoms with van der Waals surface area (Å²) in [6, 6.07) is 12.9. The number of nitrogens with zero attached hydrogens (tertiary/aromatic N) is 2. The van der Waals surface area contributed by atoms with Crippen molar-refractivity contribution in [3.05, 3.63) is 58.5 Å². The first-order valence-electron chi connectivity index (χ1n) is 11.6. The van der Waals surface area contributed by atoms with E-state index in [9.17, 15) is 14.4 Å². The van der Waals surface area contributed by atoms with Crippen molar-refractivity contribution < 1.29 is 23.9 Å². The molecule has 0 unspecified atom stereocenters. The molecule has 8 nitrogen and oxygen atoms in total. The number of benzene rings is 2. The number of ether oxygens (including phenoxy) is 2. The van der Waals surface area contributed by atoms with Gasteiger partial charge in [-0.15, -0.1) is 0 Å². The van der Waals surface area contributed by atoms with Gasteiger partial charge in [0.1, 0.15) is 5.75 Å². The predicted molar refractivity (Wildman–Crippen MR) is 136 cm³/mol. The highest BCUT2D eigenvalue weighted by molar-refractivity contribution is 8.04. The lowest BCUT2D eigenvalue weighted by atomic mass is 10.0. The number of thioether (sulfide) groups is 1. The monoisotopic (exact) mass is 495 g/mol. The summed E-state index contributed by atoms with van der Waals surface area (Å²) in [6.45, 7) is 3.22. The van der Waals surface area contributed by atoms with Gasteiger partial charge in [0.15, 0.2) is 0 Å². The molecule has 2 heterocycles. The molecule has 1 saturated heterocycles. The van der Waals surface area contributed by atoms with Gasteiger partial charge in [0, 0.05) is 36.6 Å². The first-order valence-corrected chi connectivity index (χ1v) is 12.4. The third kappa shape index (κ3) is 5.62. The molecule has 2 aromatic carbocycles. The molecule has 2 aromatic rings. The molecule has 35 heavy (non-hydrogen) atoms. The van der Waals surface area contributed by atoms with Gasteiger partial charge in [-0.05, 0) is 61.7 Å². The van der Waals surface area contributed by atoms with Crippen molar-refractivity contribution in [3.63, 3.8) is 0 Å². The number of likely N-dealkylation sites (tertiary alicyclic amines) is 1. The van der Waals surface area contributed by atoms with Crippen molar-refractivity contribution in [2.24, 2.45) is 0 Å². The molecule has 0 radical (unpaired) electrons. The predicted octanol–water partition coefficient (Wildman–Crippen LogP) is 4.16. The molecule has 0 spiro atoms. The zero-order chi connectivity index (χ0) is 24.9. The molecule has 0 saturated carbocycles. The number of methoxy groups -OCH3 is 1. The van der Waals surface area contributed by atoms with Gasteiger partial charge >= 0.3 is 6.09 Å². The maximum absolute atomic E-state index is 13.0. The Morgan fingerprint density at radius 1 is 1.17 bits per heavy atom. The summed E-state index contributed by atoms with van der Waals surface area (Å²) in [7, 11) is 3.32. The van der Waals surface area contributed by atoms with Gasteiger partial charge in [0.2, 0.25) is 0 Å². The molecule has 3 amide bonds. The highest BCUT2D eigenvalue weighted by Crippen LogP contribution is 2.42. The zero-order valence-electron chi connectivity index (χ0n) is 20.1. The number of hydrogen-bond donors (Lipinski definition) is 1. The number of likely N-dealkylation sites (N-methyl/N-ethyl adjacent to an activating group) is 1. The van der Waals surface area contributed by atoms with Crippen LogP contribution in [0.5, 0.6) is 5.75 Å². The molecule has 9 heteroatoms. The van der Waals surface area contributed by atoms with Gasteiger partial charge < -0.3 is 24.6 Å². The molecule has 4 rings (SSSR count). The van der Waals surface area contributed by atoms with Crippen LogP contribution >= 0.6 is 11.8 Å². The van der Waals surface area contributed by atoms with E-state index < -0.39 is 0 Å². The lowest BCUT2D eigenvalue weighted by molar-refractivity contribution is -0.114. The summed E-state index contributed by atoms with van der Waals surface area (Å²) in [4.78, 5) is 42.6. The SMILES string of the molecule is CCOC(=O)N1CCC(NC(=O)c2ccc3c(c2)N(C)C(=O)/C(=C/c2cccc(OC)c2)S3)CC1. The maximum atomic E-state index is 13.0. The summed E-state index contributed by atoms with van der Waals surface area (Å²) < 4.78 is 10.3. The Morgan fingerprint density at radius 3 is 2.66 bits per heavy atom. The van der Waals surface area contributed by atoms with Gasteiger partial charge in [-0.25, -0.2) is 4.79 Å². The fraction of sp³-hybridized carbons (Fsp3) is 0.346. The standard InChI is InChI=1S/C26H29N3O5S/c1-4-34-26(32)29-12-10-19(11-13-29)27-24(30)18-8-9-22-21(16-18)28(2)25(31)23(35-22)15-17-6-5-7-20(14-17)33-3/h5-9,14-16,19H,4,10-13H2,1-3H3,(H,27,30)/b23-15-. The first kappa shape index (κ1) is 24.7. The zero-order valence-corrected chi connectivity index (χ0v) is 20.9. The Labute approximate surface area is 209 Å². The lowest BCUT2D eigenvalue weighted by Crippen LogP contribution is -2.46. The second kappa shape index (κ2) is 10.9. The third-order valence-electron chi connectivity index (χ3n) is 6.07. The molecule has 2 aliphatic rings. The van der Waals surface area contributed by atoms with Crippen LogP contribution in [0.2, 0.25) is 0 Å². The van der Waals surface area contributed by atoms with Gasteiger partial charge in [-0.2, -0.15) is 0 Å². The summed E-state index contributed by atoms with van der Waals surface area (Å²) >= 11 is 1.39.